The van der Waals surface area contributed by atoms with Gasteiger partial charge in [-0.1, -0.05) is 18.2 Å². The van der Waals surface area contributed by atoms with Gasteiger partial charge in [-0.25, -0.2) is 0 Å². The Morgan fingerprint density at radius 1 is 1.37 bits per heavy atom. The van der Waals surface area contributed by atoms with Gasteiger partial charge in [-0.05, 0) is 31.5 Å². The van der Waals surface area contributed by atoms with Gasteiger partial charge < -0.3 is 5.73 Å². The van der Waals surface area contributed by atoms with Crippen molar-refractivity contribution in [2.24, 2.45) is 5.10 Å². The summed E-state index contributed by atoms with van der Waals surface area (Å²) < 4.78 is 0. The van der Waals surface area contributed by atoms with Crippen molar-refractivity contribution in [3.8, 4) is 6.07 Å². The SMILES string of the molecule is C/C(=N\Nc1ccccc1)c1sc(N)c(C#N)c1C. The molecule has 2 aromatic rings. The third kappa shape index (κ3) is 2.75. The van der Waals surface area contributed by atoms with E-state index in [9.17, 15) is 0 Å². The highest BCUT2D eigenvalue weighted by molar-refractivity contribution is 7.18. The standard InChI is InChI=1S/C14H14N4S/c1-9-12(8-15)14(16)19-13(9)10(2)17-18-11-6-4-3-5-7-11/h3-7,18H,16H2,1-2H3/b17-10+. The number of thiophene rings is 1. The summed E-state index contributed by atoms with van der Waals surface area (Å²) >= 11 is 1.39. The molecule has 19 heavy (non-hydrogen) atoms. The van der Waals surface area contributed by atoms with E-state index in [-0.39, 0.29) is 0 Å². The smallest absolute Gasteiger partial charge is 0.105 e. The van der Waals surface area contributed by atoms with Crippen LogP contribution in [0.2, 0.25) is 0 Å². The van der Waals surface area contributed by atoms with Gasteiger partial charge in [0, 0.05) is 0 Å². The molecule has 1 aromatic heterocycles. The maximum absolute atomic E-state index is 9.02. The van der Waals surface area contributed by atoms with Crippen LogP contribution >= 0.6 is 11.3 Å². The summed E-state index contributed by atoms with van der Waals surface area (Å²) in [6.07, 6.45) is 0. The van der Waals surface area contributed by atoms with E-state index < -0.39 is 0 Å². The number of nitrogen functional groups attached to an aromatic ring is 1. The molecule has 3 N–H and O–H groups in total. The van der Waals surface area contributed by atoms with E-state index >= 15 is 0 Å². The Morgan fingerprint density at radius 3 is 2.63 bits per heavy atom. The molecule has 0 spiro atoms. The lowest BCUT2D eigenvalue weighted by Crippen LogP contribution is -1.99. The predicted molar refractivity (Wildman–Crippen MR) is 80.5 cm³/mol. The van der Waals surface area contributed by atoms with Gasteiger partial charge in [0.25, 0.3) is 0 Å². The largest absolute Gasteiger partial charge is 0.389 e. The topological polar surface area (TPSA) is 74.2 Å². The Balaban J connectivity index is 2.25. The zero-order valence-corrected chi connectivity index (χ0v) is 11.6. The molecule has 0 bridgehead atoms. The zero-order chi connectivity index (χ0) is 13.8. The maximum Gasteiger partial charge on any atom is 0.105 e. The van der Waals surface area contributed by atoms with Crippen molar-refractivity contribution < 1.29 is 0 Å². The van der Waals surface area contributed by atoms with Crippen molar-refractivity contribution >= 4 is 27.7 Å². The van der Waals surface area contributed by atoms with Crippen LogP contribution in [0.4, 0.5) is 10.7 Å². The lowest BCUT2D eigenvalue weighted by atomic mass is 10.1. The second-order valence-corrected chi connectivity index (χ2v) is 5.13. The Morgan fingerprint density at radius 2 is 2.05 bits per heavy atom. The number of hydrazone groups is 1. The van der Waals surface area contributed by atoms with Crippen LogP contribution in [-0.4, -0.2) is 5.71 Å². The molecule has 0 amide bonds. The fourth-order valence-corrected chi connectivity index (χ4v) is 2.70. The highest BCUT2D eigenvalue weighted by atomic mass is 32.1. The van der Waals surface area contributed by atoms with Gasteiger partial charge in [0.05, 0.1) is 21.8 Å². The number of rotatable bonds is 3. The van der Waals surface area contributed by atoms with E-state index in [1.807, 2.05) is 44.2 Å². The van der Waals surface area contributed by atoms with Crippen molar-refractivity contribution in [2.45, 2.75) is 13.8 Å². The fourth-order valence-electron chi connectivity index (χ4n) is 1.73. The molecular formula is C14H14N4S. The Kier molecular flexibility index (Phi) is 3.83. The van der Waals surface area contributed by atoms with Crippen LogP contribution in [0, 0.1) is 18.3 Å². The van der Waals surface area contributed by atoms with Gasteiger partial charge in [-0.2, -0.15) is 10.4 Å². The average molecular weight is 270 g/mol. The third-order valence-electron chi connectivity index (χ3n) is 2.74. The molecule has 96 valence electrons. The molecule has 0 atom stereocenters. The average Bonchev–Trinajstić information content (AvgIpc) is 2.72. The van der Waals surface area contributed by atoms with Crippen LogP contribution in [-0.2, 0) is 0 Å². The summed E-state index contributed by atoms with van der Waals surface area (Å²) in [5.41, 5.74) is 12.0. The lowest BCUT2D eigenvalue weighted by Gasteiger charge is -2.02. The first-order valence-corrected chi connectivity index (χ1v) is 6.59. The van der Waals surface area contributed by atoms with Gasteiger partial charge in [0.2, 0.25) is 0 Å². The summed E-state index contributed by atoms with van der Waals surface area (Å²) in [5, 5.41) is 13.9. The molecule has 0 aliphatic heterocycles. The molecule has 5 heteroatoms. The van der Waals surface area contributed by atoms with Gasteiger partial charge in [-0.3, -0.25) is 5.43 Å². The van der Waals surface area contributed by atoms with Crippen LogP contribution in [0.3, 0.4) is 0 Å². The minimum absolute atomic E-state index is 0.546. The van der Waals surface area contributed by atoms with E-state index in [2.05, 4.69) is 16.6 Å². The van der Waals surface area contributed by atoms with Crippen molar-refractivity contribution in [3.05, 3.63) is 46.3 Å². The molecule has 0 saturated heterocycles. The second-order valence-electron chi connectivity index (χ2n) is 4.08. The molecule has 0 aliphatic rings. The first-order valence-electron chi connectivity index (χ1n) is 5.78. The molecule has 0 aliphatic carbocycles. The number of nitriles is 1. The zero-order valence-electron chi connectivity index (χ0n) is 10.8. The Hall–Kier alpha value is -2.32. The molecule has 1 aromatic carbocycles. The monoisotopic (exact) mass is 270 g/mol. The molecule has 0 unspecified atom stereocenters. The molecular weight excluding hydrogens is 256 g/mol. The number of para-hydroxylation sites is 1. The summed E-state index contributed by atoms with van der Waals surface area (Å²) in [6, 6.07) is 11.8. The second kappa shape index (κ2) is 5.55. The number of anilines is 2. The van der Waals surface area contributed by atoms with E-state index in [0.29, 0.717) is 10.6 Å². The van der Waals surface area contributed by atoms with E-state index in [1.54, 1.807) is 0 Å². The van der Waals surface area contributed by atoms with Crippen LogP contribution < -0.4 is 11.2 Å². The van der Waals surface area contributed by atoms with Crippen LogP contribution in [0.25, 0.3) is 0 Å². The van der Waals surface area contributed by atoms with Gasteiger partial charge in [0.1, 0.15) is 11.1 Å². The summed E-state index contributed by atoms with van der Waals surface area (Å²) in [6.45, 7) is 3.79. The quantitative estimate of drug-likeness (QED) is 0.663. The van der Waals surface area contributed by atoms with Crippen molar-refractivity contribution in [1.29, 1.82) is 5.26 Å². The number of nitrogens with two attached hydrogens (primary N) is 1. The van der Waals surface area contributed by atoms with Crippen molar-refractivity contribution in [1.82, 2.24) is 0 Å². The number of nitrogens with zero attached hydrogens (tertiary/aromatic N) is 2. The van der Waals surface area contributed by atoms with E-state index in [4.69, 9.17) is 11.0 Å². The number of hydrogen-bond donors (Lipinski definition) is 2. The normalized spacial score (nSPS) is 11.1. The first kappa shape index (κ1) is 13.1. The minimum Gasteiger partial charge on any atom is -0.389 e. The summed E-state index contributed by atoms with van der Waals surface area (Å²) in [5.74, 6) is 0. The van der Waals surface area contributed by atoms with Crippen LogP contribution in [0.15, 0.2) is 35.4 Å². The molecule has 2 rings (SSSR count). The molecule has 4 nitrogen and oxygen atoms in total. The Bertz CT molecular complexity index is 650. The lowest BCUT2D eigenvalue weighted by molar-refractivity contribution is 1.32. The number of nitrogens with one attached hydrogen (secondary N) is 1. The summed E-state index contributed by atoms with van der Waals surface area (Å²) in [7, 11) is 0. The first-order chi connectivity index (χ1) is 9.13. The van der Waals surface area contributed by atoms with E-state index in [0.717, 1.165) is 21.8 Å². The third-order valence-corrected chi connectivity index (χ3v) is 3.97. The van der Waals surface area contributed by atoms with Crippen LogP contribution in [0.1, 0.15) is 22.9 Å². The van der Waals surface area contributed by atoms with Gasteiger partial charge >= 0.3 is 0 Å². The van der Waals surface area contributed by atoms with Crippen LogP contribution in [0.5, 0.6) is 0 Å². The Labute approximate surface area is 116 Å². The number of hydrogen-bond acceptors (Lipinski definition) is 5. The summed E-state index contributed by atoms with van der Waals surface area (Å²) in [4.78, 5) is 0.942. The highest BCUT2D eigenvalue weighted by Gasteiger charge is 2.14. The molecule has 0 saturated carbocycles. The van der Waals surface area contributed by atoms with Gasteiger partial charge in [-0.15, -0.1) is 11.3 Å². The predicted octanol–water partition coefficient (Wildman–Crippen LogP) is 3.35. The van der Waals surface area contributed by atoms with Crippen molar-refractivity contribution in [3.63, 3.8) is 0 Å². The van der Waals surface area contributed by atoms with E-state index in [1.165, 1.54) is 11.3 Å². The number of benzene rings is 1. The highest BCUT2D eigenvalue weighted by Crippen LogP contribution is 2.30. The minimum atomic E-state index is 0.546. The molecule has 0 fully saturated rings. The van der Waals surface area contributed by atoms with Gasteiger partial charge in [0.15, 0.2) is 0 Å². The molecule has 0 radical (unpaired) electrons. The van der Waals surface area contributed by atoms with Crippen molar-refractivity contribution in [2.75, 3.05) is 11.2 Å². The fraction of sp³-hybridized carbons (Fsp3) is 0.143. The maximum atomic E-state index is 9.02. The molecule has 1 heterocycles.